The molecule has 0 saturated carbocycles. The Morgan fingerprint density at radius 3 is 2.91 bits per heavy atom. The standard InChI is InChI=1S/C27H30N4O2/c1-19-8-9-24(31-13-5-11-28-31)23(14-19)25-16-21-18-29(17-20-6-3-7-22(15-20)33-2)26(32)27(21)10-4-12-30(25)27/h3,5-9,11,13-15,21,25H,4,10,12,16-18H2,1-2H3/t21-,25-,27-/m0/s1. The van der Waals surface area contributed by atoms with Gasteiger partial charge in [0.05, 0.1) is 12.8 Å². The molecule has 33 heavy (non-hydrogen) atoms. The molecule has 0 aliphatic carbocycles. The van der Waals surface area contributed by atoms with Crippen LogP contribution in [0.2, 0.25) is 0 Å². The summed E-state index contributed by atoms with van der Waals surface area (Å²) < 4.78 is 7.35. The Bertz CT molecular complexity index is 1190. The molecule has 0 radical (unpaired) electrons. The molecule has 3 aromatic rings. The Labute approximate surface area is 194 Å². The molecular formula is C27H30N4O2. The molecule has 3 aliphatic rings. The van der Waals surface area contributed by atoms with Crippen LogP contribution in [0.4, 0.5) is 0 Å². The zero-order valence-electron chi connectivity index (χ0n) is 19.3. The topological polar surface area (TPSA) is 50.6 Å². The van der Waals surface area contributed by atoms with Gasteiger partial charge in [-0.15, -0.1) is 0 Å². The van der Waals surface area contributed by atoms with E-state index in [1.807, 2.05) is 41.3 Å². The van der Waals surface area contributed by atoms with Crippen LogP contribution < -0.4 is 4.74 Å². The van der Waals surface area contributed by atoms with E-state index < -0.39 is 0 Å². The highest BCUT2D eigenvalue weighted by molar-refractivity contribution is 5.90. The molecule has 1 aromatic heterocycles. The number of carbonyl (C=O) groups excluding carboxylic acids is 1. The molecule has 1 amide bonds. The Morgan fingerprint density at radius 1 is 1.18 bits per heavy atom. The minimum atomic E-state index is -0.353. The Balaban J connectivity index is 1.32. The predicted octanol–water partition coefficient (Wildman–Crippen LogP) is 4.13. The third-order valence-electron chi connectivity index (χ3n) is 7.93. The number of likely N-dealkylation sites (tertiary alicyclic amines) is 1. The van der Waals surface area contributed by atoms with Crippen molar-refractivity contribution in [3.8, 4) is 11.4 Å². The summed E-state index contributed by atoms with van der Waals surface area (Å²) in [6.45, 7) is 4.60. The number of methoxy groups -OCH3 is 1. The fraction of sp³-hybridized carbons (Fsp3) is 0.407. The van der Waals surface area contributed by atoms with Crippen LogP contribution in [0.25, 0.3) is 5.69 Å². The number of hydrogen-bond acceptors (Lipinski definition) is 4. The van der Waals surface area contributed by atoms with Gasteiger partial charge in [0, 0.05) is 37.4 Å². The fourth-order valence-electron chi connectivity index (χ4n) is 6.56. The maximum Gasteiger partial charge on any atom is 0.243 e. The van der Waals surface area contributed by atoms with E-state index in [9.17, 15) is 4.79 Å². The summed E-state index contributed by atoms with van der Waals surface area (Å²) in [5.74, 6) is 1.50. The molecule has 1 spiro atoms. The lowest BCUT2D eigenvalue weighted by Gasteiger charge is -2.34. The number of ether oxygens (including phenoxy) is 1. The average Bonchev–Trinajstić information content (AvgIpc) is 3.59. The van der Waals surface area contributed by atoms with Gasteiger partial charge in [0.1, 0.15) is 11.3 Å². The smallest absolute Gasteiger partial charge is 0.243 e. The summed E-state index contributed by atoms with van der Waals surface area (Å²) in [4.78, 5) is 18.6. The molecule has 3 atom stereocenters. The van der Waals surface area contributed by atoms with E-state index in [0.29, 0.717) is 18.4 Å². The van der Waals surface area contributed by atoms with E-state index >= 15 is 0 Å². The first-order valence-electron chi connectivity index (χ1n) is 11.9. The first-order valence-corrected chi connectivity index (χ1v) is 11.9. The highest BCUT2D eigenvalue weighted by atomic mass is 16.5. The van der Waals surface area contributed by atoms with Gasteiger partial charge in [0.25, 0.3) is 0 Å². The highest BCUT2D eigenvalue weighted by Crippen LogP contribution is 2.56. The van der Waals surface area contributed by atoms with Crippen molar-refractivity contribution in [3.05, 3.63) is 77.6 Å². The van der Waals surface area contributed by atoms with E-state index in [4.69, 9.17) is 4.74 Å². The first-order chi connectivity index (χ1) is 16.1. The van der Waals surface area contributed by atoms with Crippen molar-refractivity contribution in [2.75, 3.05) is 20.2 Å². The van der Waals surface area contributed by atoms with E-state index in [1.165, 1.54) is 11.1 Å². The van der Waals surface area contributed by atoms with Gasteiger partial charge in [-0.25, -0.2) is 4.68 Å². The summed E-state index contributed by atoms with van der Waals surface area (Å²) in [5, 5.41) is 4.50. The normalized spacial score (nSPS) is 26.6. The molecule has 170 valence electrons. The minimum Gasteiger partial charge on any atom is -0.497 e. The van der Waals surface area contributed by atoms with Crippen molar-refractivity contribution in [3.63, 3.8) is 0 Å². The van der Waals surface area contributed by atoms with Crippen LogP contribution in [-0.2, 0) is 11.3 Å². The van der Waals surface area contributed by atoms with Gasteiger partial charge in [0.15, 0.2) is 0 Å². The maximum atomic E-state index is 13.9. The van der Waals surface area contributed by atoms with Gasteiger partial charge < -0.3 is 9.64 Å². The number of nitrogens with zero attached hydrogens (tertiary/aromatic N) is 4. The lowest BCUT2D eigenvalue weighted by Crippen LogP contribution is -2.49. The first kappa shape index (κ1) is 20.5. The number of rotatable bonds is 5. The molecular weight excluding hydrogens is 412 g/mol. The zero-order valence-corrected chi connectivity index (χ0v) is 19.3. The fourth-order valence-corrected chi connectivity index (χ4v) is 6.56. The largest absolute Gasteiger partial charge is 0.497 e. The zero-order chi connectivity index (χ0) is 22.6. The van der Waals surface area contributed by atoms with Crippen molar-refractivity contribution in [2.24, 2.45) is 5.92 Å². The molecule has 3 aliphatic heterocycles. The molecule has 0 bridgehead atoms. The van der Waals surface area contributed by atoms with Crippen LogP contribution in [0, 0.1) is 12.8 Å². The van der Waals surface area contributed by atoms with Crippen LogP contribution in [0.15, 0.2) is 60.9 Å². The summed E-state index contributed by atoms with van der Waals surface area (Å²) in [5.41, 5.74) is 4.44. The number of aryl methyl sites for hydroxylation is 1. The molecule has 6 rings (SSSR count). The molecule has 6 nitrogen and oxygen atoms in total. The third-order valence-corrected chi connectivity index (χ3v) is 7.93. The summed E-state index contributed by atoms with van der Waals surface area (Å²) >= 11 is 0. The van der Waals surface area contributed by atoms with E-state index in [0.717, 1.165) is 49.4 Å². The van der Waals surface area contributed by atoms with Crippen molar-refractivity contribution in [1.82, 2.24) is 19.6 Å². The minimum absolute atomic E-state index is 0.250. The molecule has 3 saturated heterocycles. The number of benzene rings is 2. The van der Waals surface area contributed by atoms with Crippen molar-refractivity contribution < 1.29 is 9.53 Å². The van der Waals surface area contributed by atoms with Gasteiger partial charge >= 0.3 is 0 Å². The molecule has 0 unspecified atom stereocenters. The molecule has 0 N–H and O–H groups in total. The van der Waals surface area contributed by atoms with Crippen molar-refractivity contribution in [1.29, 1.82) is 0 Å². The van der Waals surface area contributed by atoms with Gasteiger partial charge in [-0.1, -0.05) is 29.8 Å². The second-order valence-corrected chi connectivity index (χ2v) is 9.72. The number of amides is 1. The van der Waals surface area contributed by atoms with Gasteiger partial charge in [0.2, 0.25) is 5.91 Å². The summed E-state index contributed by atoms with van der Waals surface area (Å²) in [6, 6.07) is 16.9. The lowest BCUT2D eigenvalue weighted by molar-refractivity contribution is -0.137. The molecule has 3 fully saturated rings. The van der Waals surface area contributed by atoms with Crippen LogP contribution in [-0.4, -0.2) is 51.2 Å². The average molecular weight is 443 g/mol. The number of aromatic nitrogens is 2. The maximum absolute atomic E-state index is 13.9. The van der Waals surface area contributed by atoms with Gasteiger partial charge in [-0.05, 0) is 68.1 Å². The monoisotopic (exact) mass is 442 g/mol. The summed E-state index contributed by atoms with van der Waals surface area (Å²) in [7, 11) is 1.68. The Morgan fingerprint density at radius 2 is 2.09 bits per heavy atom. The van der Waals surface area contributed by atoms with E-state index in [2.05, 4.69) is 46.1 Å². The number of carbonyl (C=O) groups is 1. The predicted molar refractivity (Wildman–Crippen MR) is 126 cm³/mol. The second kappa shape index (κ2) is 7.73. The Kier molecular flexibility index (Phi) is 4.80. The quantitative estimate of drug-likeness (QED) is 0.596. The van der Waals surface area contributed by atoms with Gasteiger partial charge in [-0.2, -0.15) is 5.10 Å². The molecule has 4 heterocycles. The second-order valence-electron chi connectivity index (χ2n) is 9.72. The van der Waals surface area contributed by atoms with Gasteiger partial charge in [-0.3, -0.25) is 9.69 Å². The third kappa shape index (κ3) is 3.11. The van der Waals surface area contributed by atoms with Crippen LogP contribution in [0.3, 0.4) is 0 Å². The SMILES string of the molecule is COc1cccc(CN2C[C@@H]3C[C@@H](c4cc(C)ccc4-n4cccn4)N4CCC[C@@]34C2=O)c1. The molecule has 6 heteroatoms. The Hall–Kier alpha value is -3.12. The van der Waals surface area contributed by atoms with Crippen molar-refractivity contribution >= 4 is 5.91 Å². The van der Waals surface area contributed by atoms with Crippen LogP contribution in [0.5, 0.6) is 5.75 Å². The van der Waals surface area contributed by atoms with Crippen LogP contribution in [0.1, 0.15) is 42.0 Å². The van der Waals surface area contributed by atoms with E-state index in [1.54, 1.807) is 7.11 Å². The number of hydrogen-bond donors (Lipinski definition) is 0. The lowest BCUT2D eigenvalue weighted by atomic mass is 9.85. The van der Waals surface area contributed by atoms with Crippen molar-refractivity contribution in [2.45, 2.75) is 44.3 Å². The van der Waals surface area contributed by atoms with E-state index in [-0.39, 0.29) is 11.6 Å². The highest BCUT2D eigenvalue weighted by Gasteiger charge is 2.65. The van der Waals surface area contributed by atoms with Crippen LogP contribution >= 0.6 is 0 Å². The molecule has 2 aromatic carbocycles. The summed E-state index contributed by atoms with van der Waals surface area (Å²) in [6.07, 6.45) is 6.88.